The van der Waals surface area contributed by atoms with Gasteiger partial charge in [0, 0.05) is 38.3 Å². The van der Waals surface area contributed by atoms with E-state index in [0.717, 1.165) is 48.5 Å². The van der Waals surface area contributed by atoms with Crippen LogP contribution in [0.25, 0.3) is 11.3 Å². The summed E-state index contributed by atoms with van der Waals surface area (Å²) >= 11 is 0. The Bertz CT molecular complexity index is 681. The molecule has 0 radical (unpaired) electrons. The lowest BCUT2D eigenvalue weighted by Gasteiger charge is -2.21. The molecular formula is C20H24N4. The van der Waals surface area contributed by atoms with E-state index in [1.54, 1.807) is 0 Å². The Labute approximate surface area is 143 Å². The van der Waals surface area contributed by atoms with Crippen LogP contribution in [0, 0.1) is 11.8 Å². The second kappa shape index (κ2) is 6.73. The molecule has 0 aliphatic carbocycles. The third-order valence-electron chi connectivity index (χ3n) is 5.21. The van der Waals surface area contributed by atoms with Crippen molar-refractivity contribution in [3.05, 3.63) is 54.6 Å². The van der Waals surface area contributed by atoms with Crippen molar-refractivity contribution in [3.8, 4) is 11.3 Å². The number of nitrogens with zero attached hydrogens (tertiary/aromatic N) is 4. The molecule has 2 aliphatic rings. The molecule has 2 saturated heterocycles. The molecule has 0 amide bonds. The molecule has 124 valence electrons. The highest BCUT2D eigenvalue weighted by atomic mass is 15.3. The molecule has 2 aliphatic heterocycles. The van der Waals surface area contributed by atoms with Crippen molar-refractivity contribution in [2.75, 3.05) is 37.6 Å². The van der Waals surface area contributed by atoms with Crippen molar-refractivity contribution in [3.63, 3.8) is 0 Å². The quantitative estimate of drug-likeness (QED) is 0.811. The highest BCUT2D eigenvalue weighted by molar-refractivity contribution is 5.59. The van der Waals surface area contributed by atoms with Gasteiger partial charge in [-0.2, -0.15) is 0 Å². The molecule has 1 aromatic heterocycles. The monoisotopic (exact) mass is 320 g/mol. The van der Waals surface area contributed by atoms with Gasteiger partial charge in [-0.3, -0.25) is 4.90 Å². The predicted molar refractivity (Wildman–Crippen MR) is 97.9 cm³/mol. The third-order valence-corrected chi connectivity index (χ3v) is 5.21. The summed E-state index contributed by atoms with van der Waals surface area (Å²) in [5.74, 6) is 2.56. The molecule has 0 spiro atoms. The van der Waals surface area contributed by atoms with Gasteiger partial charge in [0.05, 0.1) is 5.69 Å². The van der Waals surface area contributed by atoms with E-state index in [-0.39, 0.29) is 0 Å². The maximum absolute atomic E-state index is 4.48. The molecule has 2 unspecified atom stereocenters. The van der Waals surface area contributed by atoms with E-state index in [1.165, 1.54) is 13.1 Å². The molecule has 4 rings (SSSR count). The summed E-state index contributed by atoms with van der Waals surface area (Å²) in [4.78, 5) is 4.97. The number of rotatable bonds is 4. The summed E-state index contributed by atoms with van der Waals surface area (Å²) in [6.45, 7) is 7.82. The third kappa shape index (κ3) is 3.06. The SMILES string of the molecule is CC=CCN1CC2CN(c3ccc(-c4ccccc4)nn3)CC2C1. The lowest BCUT2D eigenvalue weighted by molar-refractivity contribution is 0.350. The van der Waals surface area contributed by atoms with E-state index < -0.39 is 0 Å². The lowest BCUT2D eigenvalue weighted by atomic mass is 10.0. The zero-order chi connectivity index (χ0) is 16.4. The minimum atomic E-state index is 0.769. The average Bonchev–Trinajstić information content (AvgIpc) is 3.19. The van der Waals surface area contributed by atoms with E-state index in [9.17, 15) is 0 Å². The molecule has 0 bridgehead atoms. The minimum Gasteiger partial charge on any atom is -0.354 e. The van der Waals surface area contributed by atoms with Crippen molar-refractivity contribution >= 4 is 5.82 Å². The Hall–Kier alpha value is -2.20. The number of likely N-dealkylation sites (tertiary alicyclic amines) is 1. The first-order valence-electron chi connectivity index (χ1n) is 8.81. The van der Waals surface area contributed by atoms with E-state index in [4.69, 9.17) is 0 Å². The van der Waals surface area contributed by atoms with Gasteiger partial charge in [0.1, 0.15) is 0 Å². The molecule has 4 heteroatoms. The zero-order valence-corrected chi connectivity index (χ0v) is 14.2. The first-order valence-corrected chi connectivity index (χ1v) is 8.81. The molecule has 3 heterocycles. The van der Waals surface area contributed by atoms with Crippen LogP contribution in [0.5, 0.6) is 0 Å². The predicted octanol–water partition coefficient (Wildman–Crippen LogP) is 3.09. The Morgan fingerprint density at radius 2 is 1.71 bits per heavy atom. The number of hydrogen-bond donors (Lipinski definition) is 0. The number of aromatic nitrogens is 2. The molecule has 1 aromatic carbocycles. The summed E-state index contributed by atoms with van der Waals surface area (Å²) in [5, 5.41) is 8.92. The normalized spacial score (nSPS) is 24.0. The number of allylic oxidation sites excluding steroid dienone is 1. The van der Waals surface area contributed by atoms with Gasteiger partial charge in [-0.05, 0) is 30.9 Å². The van der Waals surface area contributed by atoms with E-state index in [1.807, 2.05) is 18.2 Å². The number of benzene rings is 1. The number of anilines is 1. The highest BCUT2D eigenvalue weighted by Crippen LogP contribution is 2.33. The van der Waals surface area contributed by atoms with Gasteiger partial charge in [0.15, 0.2) is 5.82 Å². The molecule has 0 N–H and O–H groups in total. The number of hydrogen-bond acceptors (Lipinski definition) is 4. The van der Waals surface area contributed by atoms with Crippen LogP contribution in [0.1, 0.15) is 6.92 Å². The van der Waals surface area contributed by atoms with Crippen LogP contribution in [0.2, 0.25) is 0 Å². The summed E-state index contributed by atoms with van der Waals surface area (Å²) in [6, 6.07) is 14.4. The fourth-order valence-electron chi connectivity index (χ4n) is 3.94. The van der Waals surface area contributed by atoms with Gasteiger partial charge in [-0.25, -0.2) is 0 Å². The second-order valence-electron chi connectivity index (χ2n) is 6.86. The van der Waals surface area contributed by atoms with Gasteiger partial charge >= 0.3 is 0 Å². The van der Waals surface area contributed by atoms with E-state index in [0.29, 0.717) is 0 Å². The first kappa shape index (κ1) is 15.3. The minimum absolute atomic E-state index is 0.769. The van der Waals surface area contributed by atoms with Crippen molar-refractivity contribution in [1.29, 1.82) is 0 Å². The molecule has 24 heavy (non-hydrogen) atoms. The molecule has 2 aromatic rings. The van der Waals surface area contributed by atoms with Crippen LogP contribution < -0.4 is 4.90 Å². The van der Waals surface area contributed by atoms with Crippen molar-refractivity contribution in [2.24, 2.45) is 11.8 Å². The summed E-state index contributed by atoms with van der Waals surface area (Å²) < 4.78 is 0. The zero-order valence-electron chi connectivity index (χ0n) is 14.2. The van der Waals surface area contributed by atoms with Crippen LogP contribution in [-0.2, 0) is 0 Å². The highest BCUT2D eigenvalue weighted by Gasteiger charge is 2.39. The molecule has 0 saturated carbocycles. The Morgan fingerprint density at radius 1 is 0.958 bits per heavy atom. The van der Waals surface area contributed by atoms with E-state index in [2.05, 4.69) is 63.3 Å². The lowest BCUT2D eigenvalue weighted by Crippen LogP contribution is -2.29. The molecule has 2 atom stereocenters. The Balaban J connectivity index is 1.40. The van der Waals surface area contributed by atoms with Gasteiger partial charge in [-0.1, -0.05) is 42.5 Å². The van der Waals surface area contributed by atoms with E-state index >= 15 is 0 Å². The average molecular weight is 320 g/mol. The Kier molecular flexibility index (Phi) is 4.30. The fourth-order valence-corrected chi connectivity index (χ4v) is 3.94. The maximum Gasteiger partial charge on any atom is 0.151 e. The van der Waals surface area contributed by atoms with Crippen LogP contribution in [0.4, 0.5) is 5.82 Å². The van der Waals surface area contributed by atoms with Crippen molar-refractivity contribution in [2.45, 2.75) is 6.92 Å². The van der Waals surface area contributed by atoms with Crippen LogP contribution in [-0.4, -0.2) is 47.8 Å². The molecule has 4 nitrogen and oxygen atoms in total. The van der Waals surface area contributed by atoms with Crippen LogP contribution >= 0.6 is 0 Å². The van der Waals surface area contributed by atoms with Gasteiger partial charge in [0.25, 0.3) is 0 Å². The van der Waals surface area contributed by atoms with Crippen LogP contribution in [0.15, 0.2) is 54.6 Å². The molecule has 2 fully saturated rings. The largest absolute Gasteiger partial charge is 0.354 e. The van der Waals surface area contributed by atoms with Crippen molar-refractivity contribution in [1.82, 2.24) is 15.1 Å². The van der Waals surface area contributed by atoms with Gasteiger partial charge in [-0.15, -0.1) is 10.2 Å². The summed E-state index contributed by atoms with van der Waals surface area (Å²) in [5.41, 5.74) is 2.06. The van der Waals surface area contributed by atoms with Gasteiger partial charge < -0.3 is 4.90 Å². The fraction of sp³-hybridized carbons (Fsp3) is 0.400. The number of fused-ring (bicyclic) bond motifs is 1. The van der Waals surface area contributed by atoms with Crippen molar-refractivity contribution < 1.29 is 0 Å². The molecular weight excluding hydrogens is 296 g/mol. The topological polar surface area (TPSA) is 32.3 Å². The maximum atomic E-state index is 4.48. The Morgan fingerprint density at radius 3 is 2.33 bits per heavy atom. The second-order valence-corrected chi connectivity index (χ2v) is 6.86. The van der Waals surface area contributed by atoms with Gasteiger partial charge in [0.2, 0.25) is 0 Å². The van der Waals surface area contributed by atoms with Crippen LogP contribution in [0.3, 0.4) is 0 Å². The summed E-state index contributed by atoms with van der Waals surface area (Å²) in [6.07, 6.45) is 4.40. The smallest absolute Gasteiger partial charge is 0.151 e. The first-order chi connectivity index (χ1) is 11.8. The summed E-state index contributed by atoms with van der Waals surface area (Å²) in [7, 11) is 0. The standard InChI is InChI=1S/C20H24N4/c1-2-3-11-23-12-17-14-24(15-18(17)13-23)20-10-9-19(21-22-20)16-7-5-4-6-8-16/h2-10,17-18H,11-15H2,1H3.